The molecule has 0 aromatic heterocycles. The summed E-state index contributed by atoms with van der Waals surface area (Å²) in [4.78, 5) is 2.52. The van der Waals surface area contributed by atoms with Crippen LogP contribution in [-0.4, -0.2) is 42.9 Å². The van der Waals surface area contributed by atoms with Crippen molar-refractivity contribution in [3.8, 4) is 0 Å². The lowest BCUT2D eigenvalue weighted by Crippen LogP contribution is -2.31. The van der Waals surface area contributed by atoms with Crippen molar-refractivity contribution >= 4 is 17.1 Å². The molecule has 2 aromatic rings. The van der Waals surface area contributed by atoms with Gasteiger partial charge in [-0.05, 0) is 91.3 Å². The Balaban J connectivity index is 1.42. The predicted octanol–water partition coefficient (Wildman–Crippen LogP) is 8.75. The summed E-state index contributed by atoms with van der Waals surface area (Å²) in [6.07, 6.45) is 10.6. The molecule has 4 heteroatoms. The molecule has 1 aliphatic carbocycles. The summed E-state index contributed by atoms with van der Waals surface area (Å²) in [5, 5.41) is 0. The summed E-state index contributed by atoms with van der Waals surface area (Å²) < 4.78 is 14.8. The highest BCUT2D eigenvalue weighted by atomic mass is 16.7. The number of allylic oxidation sites excluding steroid dienone is 3. The molecule has 2 aliphatic heterocycles. The highest BCUT2D eigenvalue weighted by Crippen LogP contribution is 2.49. The van der Waals surface area contributed by atoms with Gasteiger partial charge in [-0.1, -0.05) is 55.3 Å². The number of benzene rings is 2. The summed E-state index contributed by atoms with van der Waals surface area (Å²) in [6, 6.07) is 13.8. The van der Waals surface area contributed by atoms with Crippen LogP contribution in [0.5, 0.6) is 0 Å². The smallest absolute Gasteiger partial charge is 0.209 e. The molecule has 2 aromatic carbocycles. The second kappa shape index (κ2) is 11.8. The van der Waals surface area contributed by atoms with Gasteiger partial charge in [0.1, 0.15) is 6.54 Å². The zero-order chi connectivity index (χ0) is 30.4. The quantitative estimate of drug-likeness (QED) is 0.223. The van der Waals surface area contributed by atoms with Gasteiger partial charge in [-0.15, -0.1) is 0 Å². The first-order valence-corrected chi connectivity index (χ1v) is 16.2. The average molecular weight is 570 g/mol. The molecule has 0 radical (unpaired) electrons. The third-order valence-corrected chi connectivity index (χ3v) is 10.3. The molecule has 0 spiro atoms. The molecule has 1 saturated carbocycles. The molecule has 0 saturated heterocycles. The standard InChI is InChI=1S/C38H53N2O2/c1-11-39-32-19-13-25(3)23-30(32)37(6,7)34(39)21-17-28-15-16-29(36(28)42-27(5)41-10)18-22-35-38(8,9)31-24-26(4)14-20-33(31)40(35)12-2/h13-14,17,19-24,27-29,36H,11-12,15-16,18H2,1-10H3/q+1/b21-17+,35-22+. The summed E-state index contributed by atoms with van der Waals surface area (Å²) in [7, 11) is 1.75. The maximum Gasteiger partial charge on any atom is 0.209 e. The van der Waals surface area contributed by atoms with Gasteiger partial charge in [-0.25, -0.2) is 0 Å². The molecule has 4 nitrogen and oxygen atoms in total. The van der Waals surface area contributed by atoms with Crippen LogP contribution in [-0.2, 0) is 20.3 Å². The van der Waals surface area contributed by atoms with E-state index >= 15 is 0 Å². The largest absolute Gasteiger partial charge is 0.356 e. The van der Waals surface area contributed by atoms with E-state index in [1.54, 1.807) is 7.11 Å². The van der Waals surface area contributed by atoms with E-state index in [4.69, 9.17) is 9.47 Å². The number of anilines is 1. The second-order valence-corrected chi connectivity index (χ2v) is 13.8. The van der Waals surface area contributed by atoms with E-state index in [1.807, 2.05) is 6.92 Å². The number of ether oxygens (including phenoxy) is 2. The number of rotatable bonds is 9. The van der Waals surface area contributed by atoms with Gasteiger partial charge in [0.2, 0.25) is 5.69 Å². The molecular weight excluding hydrogens is 516 g/mol. The molecule has 4 unspecified atom stereocenters. The van der Waals surface area contributed by atoms with Crippen molar-refractivity contribution in [3.05, 3.63) is 82.6 Å². The van der Waals surface area contributed by atoms with Gasteiger partial charge < -0.3 is 14.4 Å². The van der Waals surface area contributed by atoms with E-state index in [0.717, 1.165) is 32.4 Å². The van der Waals surface area contributed by atoms with Crippen LogP contribution >= 0.6 is 0 Å². The van der Waals surface area contributed by atoms with Gasteiger partial charge in [-0.3, -0.25) is 0 Å². The van der Waals surface area contributed by atoms with E-state index < -0.39 is 0 Å². The van der Waals surface area contributed by atoms with Crippen molar-refractivity contribution in [2.24, 2.45) is 11.8 Å². The Kier molecular flexibility index (Phi) is 8.62. The Morgan fingerprint density at radius 2 is 1.67 bits per heavy atom. The third kappa shape index (κ3) is 5.30. The molecule has 2 heterocycles. The second-order valence-electron chi connectivity index (χ2n) is 13.8. The number of methoxy groups -OCH3 is 1. The van der Waals surface area contributed by atoms with Crippen LogP contribution in [0.1, 0.15) is 90.0 Å². The van der Waals surface area contributed by atoms with E-state index in [-0.39, 0.29) is 23.2 Å². The lowest BCUT2D eigenvalue weighted by atomic mass is 9.80. The number of hydrogen-bond acceptors (Lipinski definition) is 3. The predicted molar refractivity (Wildman–Crippen MR) is 176 cm³/mol. The van der Waals surface area contributed by atoms with Crippen LogP contribution in [0, 0.1) is 25.7 Å². The van der Waals surface area contributed by atoms with Crippen LogP contribution in [0.4, 0.5) is 11.4 Å². The molecule has 0 amide bonds. The Bertz CT molecular complexity index is 1410. The first-order valence-electron chi connectivity index (χ1n) is 16.2. The number of fused-ring (bicyclic) bond motifs is 2. The first kappa shape index (κ1) is 30.8. The summed E-state index contributed by atoms with van der Waals surface area (Å²) in [6.45, 7) is 22.4. The number of nitrogens with zero attached hydrogens (tertiary/aromatic N) is 2. The SMILES string of the molecule is CCN1/C(=C/CC2CCC(/C=C/C3=[N+](CC)c4ccc(C)cc4C3(C)C)C2OC(C)OC)C(C)(C)c2cc(C)ccc21. The van der Waals surface area contributed by atoms with Crippen molar-refractivity contribution in [1.82, 2.24) is 0 Å². The van der Waals surface area contributed by atoms with Crippen molar-refractivity contribution in [2.45, 2.75) is 105 Å². The van der Waals surface area contributed by atoms with Crippen LogP contribution in [0.2, 0.25) is 0 Å². The van der Waals surface area contributed by atoms with Crippen LogP contribution in [0.15, 0.2) is 60.3 Å². The van der Waals surface area contributed by atoms with Crippen LogP contribution in [0.25, 0.3) is 0 Å². The van der Waals surface area contributed by atoms with Gasteiger partial charge in [0.25, 0.3) is 0 Å². The molecule has 0 bridgehead atoms. The molecule has 0 N–H and O–H groups in total. The van der Waals surface area contributed by atoms with Gasteiger partial charge >= 0.3 is 0 Å². The fraction of sp³-hybridized carbons (Fsp3) is 0.553. The fourth-order valence-corrected chi connectivity index (χ4v) is 7.84. The highest BCUT2D eigenvalue weighted by molar-refractivity contribution is 6.03. The van der Waals surface area contributed by atoms with E-state index in [1.165, 1.54) is 45.0 Å². The van der Waals surface area contributed by atoms with Gasteiger partial charge in [0.05, 0.1) is 11.5 Å². The molecular formula is C38H53N2O2+. The van der Waals surface area contributed by atoms with Gasteiger partial charge in [0, 0.05) is 54.1 Å². The van der Waals surface area contributed by atoms with E-state index in [2.05, 4.69) is 119 Å². The van der Waals surface area contributed by atoms with Crippen LogP contribution in [0.3, 0.4) is 0 Å². The Morgan fingerprint density at radius 1 is 0.976 bits per heavy atom. The lowest BCUT2D eigenvalue weighted by molar-refractivity contribution is -0.433. The molecule has 3 aliphatic rings. The van der Waals surface area contributed by atoms with E-state index in [9.17, 15) is 0 Å². The number of hydrogen-bond donors (Lipinski definition) is 0. The highest BCUT2D eigenvalue weighted by Gasteiger charge is 2.45. The summed E-state index contributed by atoms with van der Waals surface area (Å²) in [5.41, 5.74) is 11.0. The van der Waals surface area contributed by atoms with Crippen molar-refractivity contribution in [2.75, 3.05) is 25.1 Å². The third-order valence-electron chi connectivity index (χ3n) is 10.3. The van der Waals surface area contributed by atoms with Gasteiger partial charge in [-0.2, -0.15) is 4.58 Å². The topological polar surface area (TPSA) is 24.7 Å². The Hall–Kier alpha value is -2.69. The average Bonchev–Trinajstić information content (AvgIpc) is 3.50. The zero-order valence-electron chi connectivity index (χ0n) is 27.8. The van der Waals surface area contributed by atoms with Gasteiger partial charge in [0.15, 0.2) is 12.0 Å². The Labute approximate surface area is 255 Å². The van der Waals surface area contributed by atoms with Crippen molar-refractivity contribution in [3.63, 3.8) is 0 Å². The lowest BCUT2D eigenvalue weighted by Gasteiger charge is -2.29. The number of aryl methyl sites for hydroxylation is 2. The maximum atomic E-state index is 6.64. The molecule has 42 heavy (non-hydrogen) atoms. The van der Waals surface area contributed by atoms with Crippen molar-refractivity contribution < 1.29 is 14.0 Å². The minimum absolute atomic E-state index is 0.00683. The summed E-state index contributed by atoms with van der Waals surface area (Å²) in [5.74, 6) is 0.811. The normalized spacial score (nSPS) is 26.0. The molecule has 5 rings (SSSR count). The fourth-order valence-electron chi connectivity index (χ4n) is 7.84. The minimum Gasteiger partial charge on any atom is -0.356 e. The van der Waals surface area contributed by atoms with Crippen molar-refractivity contribution in [1.29, 1.82) is 0 Å². The monoisotopic (exact) mass is 569 g/mol. The minimum atomic E-state index is -0.226. The first-order chi connectivity index (χ1) is 19.9. The molecule has 226 valence electrons. The summed E-state index contributed by atoms with van der Waals surface area (Å²) >= 11 is 0. The zero-order valence-corrected chi connectivity index (χ0v) is 27.8. The number of likely N-dealkylation sites (N-methyl/N-ethyl adjacent to an activating group) is 1. The van der Waals surface area contributed by atoms with Crippen LogP contribution < -0.4 is 4.90 Å². The Morgan fingerprint density at radius 3 is 2.33 bits per heavy atom. The molecule has 4 atom stereocenters. The molecule has 1 fully saturated rings. The van der Waals surface area contributed by atoms with E-state index in [0.29, 0.717) is 11.8 Å². The maximum absolute atomic E-state index is 6.64.